The molecule has 2 rings (SSSR count). The highest BCUT2D eigenvalue weighted by molar-refractivity contribution is 9.10. The van der Waals surface area contributed by atoms with E-state index < -0.39 is 11.6 Å². The fraction of sp³-hybridized carbons (Fsp3) is 0.588. The van der Waals surface area contributed by atoms with E-state index in [1.54, 1.807) is 0 Å². The summed E-state index contributed by atoms with van der Waals surface area (Å²) in [5.74, 6) is 1.83. The van der Waals surface area contributed by atoms with E-state index >= 15 is 0 Å². The second kappa shape index (κ2) is 6.90. The van der Waals surface area contributed by atoms with Crippen LogP contribution in [0.5, 0.6) is 5.75 Å². The molecular weight excluding hydrogens is 346 g/mol. The quantitative estimate of drug-likeness (QED) is 0.726. The number of nitrogens with one attached hydrogen (secondary N) is 1. The minimum atomic E-state index is -1.01. The third-order valence-corrected chi connectivity index (χ3v) is 4.30. The summed E-state index contributed by atoms with van der Waals surface area (Å²) >= 11 is 3.50. The van der Waals surface area contributed by atoms with Crippen LogP contribution < -0.4 is 10.1 Å². The van der Waals surface area contributed by atoms with E-state index in [4.69, 9.17) is 9.84 Å². The highest BCUT2D eigenvalue weighted by Gasteiger charge is 2.31. The molecule has 0 aliphatic heterocycles. The van der Waals surface area contributed by atoms with Gasteiger partial charge in [-0.2, -0.15) is 0 Å². The number of benzene rings is 1. The minimum Gasteiger partial charge on any atom is -0.491 e. The molecule has 4 nitrogen and oxygen atoms in total. The average Bonchev–Trinajstić information content (AvgIpc) is 3.19. The van der Waals surface area contributed by atoms with Crippen LogP contribution in [-0.2, 0) is 0 Å². The molecule has 1 amide bonds. The lowest BCUT2D eigenvalue weighted by atomic mass is 9.91. The lowest BCUT2D eigenvalue weighted by Gasteiger charge is -2.31. The van der Waals surface area contributed by atoms with Crippen molar-refractivity contribution in [3.8, 4) is 5.75 Å². The highest BCUT2D eigenvalue weighted by atomic mass is 79.9. The zero-order chi connectivity index (χ0) is 16.3. The number of carbonyl (C=O) groups is 1. The number of hydrogen-bond donors (Lipinski definition) is 2. The van der Waals surface area contributed by atoms with Gasteiger partial charge >= 0.3 is 6.09 Å². The average molecular weight is 370 g/mol. The van der Waals surface area contributed by atoms with E-state index in [9.17, 15) is 4.79 Å². The summed E-state index contributed by atoms with van der Waals surface area (Å²) in [5, 5.41) is 11.7. The second-order valence-electron chi connectivity index (χ2n) is 6.83. The topological polar surface area (TPSA) is 58.6 Å². The van der Waals surface area contributed by atoms with Crippen molar-refractivity contribution in [2.75, 3.05) is 6.61 Å². The molecule has 0 aromatic heterocycles. The molecule has 0 spiro atoms. The van der Waals surface area contributed by atoms with Crippen LogP contribution in [0.25, 0.3) is 0 Å². The van der Waals surface area contributed by atoms with Gasteiger partial charge in [0.05, 0.1) is 5.54 Å². The number of carboxylic acid groups (broad SMARTS) is 1. The predicted octanol–water partition coefficient (Wildman–Crippen LogP) is 4.78. The first-order chi connectivity index (χ1) is 10.3. The first-order valence-corrected chi connectivity index (χ1v) is 8.52. The van der Waals surface area contributed by atoms with Gasteiger partial charge in [-0.15, -0.1) is 0 Å². The Kier molecular flexibility index (Phi) is 5.37. The zero-order valence-electron chi connectivity index (χ0n) is 13.4. The van der Waals surface area contributed by atoms with Gasteiger partial charge in [0, 0.05) is 4.47 Å². The molecule has 0 heterocycles. The van der Waals surface area contributed by atoms with E-state index in [2.05, 4.69) is 41.2 Å². The summed E-state index contributed by atoms with van der Waals surface area (Å²) in [6, 6.07) is 6.04. The van der Waals surface area contributed by atoms with E-state index in [-0.39, 0.29) is 0 Å². The Morgan fingerprint density at radius 3 is 2.73 bits per heavy atom. The molecule has 1 saturated carbocycles. The van der Waals surface area contributed by atoms with Gasteiger partial charge < -0.3 is 15.2 Å². The lowest BCUT2D eigenvalue weighted by Crippen LogP contribution is -2.50. The number of hydrogen-bond acceptors (Lipinski definition) is 2. The molecule has 1 aromatic rings. The van der Waals surface area contributed by atoms with E-state index in [0.29, 0.717) is 18.4 Å². The van der Waals surface area contributed by atoms with Crippen molar-refractivity contribution in [2.45, 2.75) is 51.5 Å². The summed E-state index contributed by atoms with van der Waals surface area (Å²) in [4.78, 5) is 11.1. The summed E-state index contributed by atoms with van der Waals surface area (Å²) in [7, 11) is 0. The smallest absolute Gasteiger partial charge is 0.405 e. The van der Waals surface area contributed by atoms with Crippen LogP contribution in [0.2, 0.25) is 0 Å². The van der Waals surface area contributed by atoms with Gasteiger partial charge in [0.15, 0.2) is 0 Å². The maximum Gasteiger partial charge on any atom is 0.405 e. The minimum absolute atomic E-state index is 0.332. The van der Waals surface area contributed by atoms with Crippen molar-refractivity contribution < 1.29 is 14.6 Å². The first-order valence-electron chi connectivity index (χ1n) is 7.72. The third kappa shape index (κ3) is 4.90. The van der Waals surface area contributed by atoms with Crippen LogP contribution in [0.4, 0.5) is 4.79 Å². The van der Waals surface area contributed by atoms with Gasteiger partial charge in [0.1, 0.15) is 12.4 Å². The molecule has 2 N–H and O–H groups in total. The summed E-state index contributed by atoms with van der Waals surface area (Å²) in [5.41, 5.74) is 0.630. The van der Waals surface area contributed by atoms with Crippen molar-refractivity contribution in [1.82, 2.24) is 5.32 Å². The molecule has 122 valence electrons. The van der Waals surface area contributed by atoms with E-state index in [1.165, 1.54) is 18.4 Å². The number of ether oxygens (including phenoxy) is 1. The molecule has 22 heavy (non-hydrogen) atoms. The molecule has 1 aromatic carbocycles. The summed E-state index contributed by atoms with van der Waals surface area (Å²) in [6.45, 7) is 6.39. The highest BCUT2D eigenvalue weighted by Crippen LogP contribution is 2.45. The SMILES string of the molecule is CC(C)CC(C)(COc1ccc(Br)cc1C1CC1)NC(=O)O. The summed E-state index contributed by atoms with van der Waals surface area (Å²) < 4.78 is 7.06. The van der Waals surface area contributed by atoms with Crippen LogP contribution in [0.15, 0.2) is 22.7 Å². The molecule has 0 radical (unpaired) electrons. The Balaban J connectivity index is 2.10. The maximum atomic E-state index is 11.1. The van der Waals surface area contributed by atoms with Gasteiger partial charge in [-0.25, -0.2) is 4.79 Å². The van der Waals surface area contributed by atoms with Crippen LogP contribution in [0, 0.1) is 5.92 Å². The van der Waals surface area contributed by atoms with Crippen molar-refractivity contribution in [3.05, 3.63) is 28.2 Å². The normalized spacial score (nSPS) is 17.1. The van der Waals surface area contributed by atoms with Crippen molar-refractivity contribution >= 4 is 22.0 Å². The fourth-order valence-electron chi connectivity index (χ4n) is 2.91. The van der Waals surface area contributed by atoms with Gasteiger partial charge in [-0.1, -0.05) is 29.8 Å². The summed E-state index contributed by atoms with van der Waals surface area (Å²) in [6.07, 6.45) is 2.12. The Hall–Kier alpha value is -1.23. The van der Waals surface area contributed by atoms with Gasteiger partial charge in [-0.05, 0) is 61.8 Å². The Morgan fingerprint density at radius 1 is 1.50 bits per heavy atom. The number of halogens is 1. The molecule has 1 fully saturated rings. The molecule has 1 aliphatic rings. The third-order valence-electron chi connectivity index (χ3n) is 3.80. The van der Waals surface area contributed by atoms with E-state index in [0.717, 1.165) is 16.6 Å². The fourth-order valence-corrected chi connectivity index (χ4v) is 3.29. The van der Waals surface area contributed by atoms with Crippen molar-refractivity contribution in [2.24, 2.45) is 5.92 Å². The predicted molar refractivity (Wildman–Crippen MR) is 90.6 cm³/mol. The second-order valence-corrected chi connectivity index (χ2v) is 7.75. The molecule has 1 unspecified atom stereocenters. The van der Waals surface area contributed by atoms with Crippen LogP contribution in [0.1, 0.15) is 51.5 Å². The van der Waals surface area contributed by atoms with Gasteiger partial charge in [-0.3, -0.25) is 0 Å². The molecule has 5 heteroatoms. The molecule has 1 aliphatic carbocycles. The molecule has 0 saturated heterocycles. The Labute approximate surface area is 140 Å². The van der Waals surface area contributed by atoms with E-state index in [1.807, 2.05) is 19.1 Å². The maximum absolute atomic E-state index is 11.1. The largest absolute Gasteiger partial charge is 0.491 e. The number of amides is 1. The monoisotopic (exact) mass is 369 g/mol. The zero-order valence-corrected chi connectivity index (χ0v) is 14.9. The van der Waals surface area contributed by atoms with Crippen molar-refractivity contribution in [1.29, 1.82) is 0 Å². The van der Waals surface area contributed by atoms with Gasteiger partial charge in [0.25, 0.3) is 0 Å². The molecule has 1 atom stereocenters. The number of rotatable bonds is 7. The Bertz CT molecular complexity index is 543. The van der Waals surface area contributed by atoms with Crippen LogP contribution in [0.3, 0.4) is 0 Å². The standard InChI is InChI=1S/C17H24BrNO3/c1-11(2)9-17(3,19-16(20)21)10-22-15-7-6-13(18)8-14(15)12-4-5-12/h6-8,11-12,19H,4-5,9-10H2,1-3H3,(H,20,21). The van der Waals surface area contributed by atoms with Crippen molar-refractivity contribution in [3.63, 3.8) is 0 Å². The first kappa shape index (κ1) is 17.1. The molecular formula is C17H24BrNO3. The lowest BCUT2D eigenvalue weighted by molar-refractivity contribution is 0.142. The van der Waals surface area contributed by atoms with Gasteiger partial charge in [0.2, 0.25) is 0 Å². The molecule has 0 bridgehead atoms. The van der Waals surface area contributed by atoms with Crippen LogP contribution >= 0.6 is 15.9 Å². The van der Waals surface area contributed by atoms with Crippen LogP contribution in [-0.4, -0.2) is 23.3 Å². The Morgan fingerprint density at radius 2 is 2.18 bits per heavy atom.